The van der Waals surface area contributed by atoms with Crippen LogP contribution in [0.1, 0.15) is 32.1 Å². The first-order valence-electron chi connectivity index (χ1n) is 5.17. The third-order valence-corrected chi connectivity index (χ3v) is 3.37. The predicted molar refractivity (Wildman–Crippen MR) is 49.2 cm³/mol. The van der Waals surface area contributed by atoms with E-state index in [1.165, 1.54) is 19.3 Å². The number of rotatable bonds is 5. The maximum absolute atomic E-state index is 10.4. The summed E-state index contributed by atoms with van der Waals surface area (Å²) in [6, 6.07) is -0.638. The van der Waals surface area contributed by atoms with E-state index in [1.807, 2.05) is 0 Å². The molecule has 0 radical (unpaired) electrons. The number of carbonyl (C=O) groups is 1. The zero-order valence-corrected chi connectivity index (χ0v) is 7.78. The Morgan fingerprint density at radius 3 is 2.77 bits per heavy atom. The smallest absolute Gasteiger partial charge is 0.320 e. The van der Waals surface area contributed by atoms with Gasteiger partial charge in [0.05, 0.1) is 0 Å². The molecule has 0 saturated heterocycles. The van der Waals surface area contributed by atoms with Crippen LogP contribution < -0.4 is 5.73 Å². The minimum atomic E-state index is -0.858. The minimum absolute atomic E-state index is 0.638. The summed E-state index contributed by atoms with van der Waals surface area (Å²) in [6.07, 6.45) is 5.83. The Hall–Kier alpha value is -0.570. The Morgan fingerprint density at radius 2 is 2.23 bits per heavy atom. The first kappa shape index (κ1) is 9.00. The molecular formula is C10H17NO2. The van der Waals surface area contributed by atoms with E-state index in [9.17, 15) is 4.79 Å². The fourth-order valence-corrected chi connectivity index (χ4v) is 2.22. The maximum Gasteiger partial charge on any atom is 0.320 e. The summed E-state index contributed by atoms with van der Waals surface area (Å²) < 4.78 is 0. The third-order valence-electron chi connectivity index (χ3n) is 3.37. The average molecular weight is 183 g/mol. The molecule has 2 saturated carbocycles. The summed E-state index contributed by atoms with van der Waals surface area (Å²) in [6.45, 7) is 0. The average Bonchev–Trinajstić information content (AvgIpc) is 2.91. The van der Waals surface area contributed by atoms with Gasteiger partial charge in [0.2, 0.25) is 0 Å². The van der Waals surface area contributed by atoms with E-state index in [0.29, 0.717) is 6.42 Å². The Kier molecular flexibility index (Phi) is 2.28. The van der Waals surface area contributed by atoms with E-state index in [-0.39, 0.29) is 0 Å². The van der Waals surface area contributed by atoms with Crippen molar-refractivity contribution in [1.82, 2.24) is 0 Å². The Balaban J connectivity index is 1.61. The summed E-state index contributed by atoms with van der Waals surface area (Å²) in [7, 11) is 0. The molecule has 13 heavy (non-hydrogen) atoms. The molecule has 74 valence electrons. The number of carboxylic acid groups (broad SMARTS) is 1. The first-order valence-corrected chi connectivity index (χ1v) is 5.17. The molecule has 3 nitrogen and oxygen atoms in total. The first-order chi connectivity index (χ1) is 6.18. The van der Waals surface area contributed by atoms with Crippen LogP contribution in [0.5, 0.6) is 0 Å². The van der Waals surface area contributed by atoms with Crippen LogP contribution in [0.4, 0.5) is 0 Å². The molecule has 0 spiro atoms. The molecule has 3 heteroatoms. The topological polar surface area (TPSA) is 63.3 Å². The number of hydrogen-bond donors (Lipinski definition) is 2. The lowest BCUT2D eigenvalue weighted by molar-refractivity contribution is -0.138. The van der Waals surface area contributed by atoms with Gasteiger partial charge in [0.15, 0.2) is 0 Å². The van der Waals surface area contributed by atoms with Crippen molar-refractivity contribution in [2.45, 2.75) is 38.1 Å². The highest BCUT2D eigenvalue weighted by molar-refractivity contribution is 5.72. The number of nitrogens with two attached hydrogens (primary N) is 1. The van der Waals surface area contributed by atoms with E-state index < -0.39 is 12.0 Å². The summed E-state index contributed by atoms with van der Waals surface area (Å²) >= 11 is 0. The summed E-state index contributed by atoms with van der Waals surface area (Å²) in [5.74, 6) is 1.87. The van der Waals surface area contributed by atoms with Crippen LogP contribution in [-0.2, 0) is 4.79 Å². The fraction of sp³-hybridized carbons (Fsp3) is 0.900. The maximum atomic E-state index is 10.4. The van der Waals surface area contributed by atoms with Gasteiger partial charge in [-0.05, 0) is 49.9 Å². The highest BCUT2D eigenvalue weighted by atomic mass is 16.4. The summed E-state index contributed by atoms with van der Waals surface area (Å²) in [5, 5.41) is 8.58. The van der Waals surface area contributed by atoms with Gasteiger partial charge >= 0.3 is 5.97 Å². The lowest BCUT2D eigenvalue weighted by atomic mass is 10.1. The van der Waals surface area contributed by atoms with E-state index in [0.717, 1.165) is 24.2 Å². The number of aliphatic carboxylic acids is 1. The van der Waals surface area contributed by atoms with Crippen molar-refractivity contribution < 1.29 is 9.90 Å². The molecule has 0 aliphatic heterocycles. The van der Waals surface area contributed by atoms with E-state index in [2.05, 4.69) is 0 Å². The molecule has 3 N–H and O–H groups in total. The molecule has 2 fully saturated rings. The molecule has 2 rings (SSSR count). The Bertz CT molecular complexity index is 213. The molecule has 3 atom stereocenters. The van der Waals surface area contributed by atoms with Crippen molar-refractivity contribution in [2.75, 3.05) is 0 Å². The van der Waals surface area contributed by atoms with E-state index in [4.69, 9.17) is 10.8 Å². The van der Waals surface area contributed by atoms with E-state index in [1.54, 1.807) is 0 Å². The van der Waals surface area contributed by atoms with Crippen molar-refractivity contribution in [1.29, 1.82) is 0 Å². The normalized spacial score (nSPS) is 34.2. The van der Waals surface area contributed by atoms with Gasteiger partial charge in [-0.2, -0.15) is 0 Å². The monoisotopic (exact) mass is 183 g/mol. The van der Waals surface area contributed by atoms with E-state index >= 15 is 0 Å². The second-order valence-corrected chi connectivity index (χ2v) is 4.52. The SMILES string of the molecule is N[C@@H](CC[C@@H]1C[C@H]1C1CC1)C(=O)O. The van der Waals surface area contributed by atoms with Gasteiger partial charge in [-0.3, -0.25) is 4.79 Å². The zero-order valence-electron chi connectivity index (χ0n) is 7.78. The fourth-order valence-electron chi connectivity index (χ4n) is 2.22. The van der Waals surface area contributed by atoms with Crippen LogP contribution in [0, 0.1) is 17.8 Å². The molecule has 0 aromatic carbocycles. The van der Waals surface area contributed by atoms with Crippen LogP contribution in [0.2, 0.25) is 0 Å². The van der Waals surface area contributed by atoms with Crippen LogP contribution in [0.3, 0.4) is 0 Å². The van der Waals surface area contributed by atoms with Gasteiger partial charge in [0.25, 0.3) is 0 Å². The van der Waals surface area contributed by atoms with Gasteiger partial charge in [0.1, 0.15) is 6.04 Å². The lowest BCUT2D eigenvalue weighted by Crippen LogP contribution is -2.29. The second-order valence-electron chi connectivity index (χ2n) is 4.52. The van der Waals surface area contributed by atoms with Gasteiger partial charge in [-0.1, -0.05) is 0 Å². The van der Waals surface area contributed by atoms with Gasteiger partial charge < -0.3 is 10.8 Å². The molecule has 0 aromatic rings. The number of carboxylic acids is 1. The third kappa shape index (κ3) is 2.21. The predicted octanol–water partition coefficient (Wildman–Crippen LogP) is 1.22. The summed E-state index contributed by atoms with van der Waals surface area (Å²) in [5.41, 5.74) is 5.43. The molecule has 0 amide bonds. The Morgan fingerprint density at radius 1 is 1.54 bits per heavy atom. The molecule has 0 heterocycles. The zero-order chi connectivity index (χ0) is 9.42. The second kappa shape index (κ2) is 3.29. The lowest BCUT2D eigenvalue weighted by Gasteiger charge is -2.04. The van der Waals surface area contributed by atoms with Crippen LogP contribution in [0.25, 0.3) is 0 Å². The van der Waals surface area contributed by atoms with Gasteiger partial charge in [-0.25, -0.2) is 0 Å². The largest absolute Gasteiger partial charge is 0.480 e. The van der Waals surface area contributed by atoms with Crippen LogP contribution >= 0.6 is 0 Å². The van der Waals surface area contributed by atoms with Gasteiger partial charge in [-0.15, -0.1) is 0 Å². The quantitative estimate of drug-likeness (QED) is 0.673. The molecule has 2 aliphatic carbocycles. The molecular weight excluding hydrogens is 166 g/mol. The van der Waals surface area contributed by atoms with Crippen molar-refractivity contribution in [3.8, 4) is 0 Å². The van der Waals surface area contributed by atoms with Crippen molar-refractivity contribution in [3.63, 3.8) is 0 Å². The molecule has 0 unspecified atom stereocenters. The molecule has 0 bridgehead atoms. The molecule has 2 aliphatic rings. The van der Waals surface area contributed by atoms with Crippen molar-refractivity contribution in [3.05, 3.63) is 0 Å². The van der Waals surface area contributed by atoms with Crippen LogP contribution in [0.15, 0.2) is 0 Å². The standard InChI is InChI=1S/C10H17NO2/c11-9(10(12)13)4-3-7-5-8(7)6-1-2-6/h6-9H,1-5,11H2,(H,12,13)/t7-,8+,9+/m1/s1. The highest BCUT2D eigenvalue weighted by Gasteiger charge is 2.46. The van der Waals surface area contributed by atoms with Gasteiger partial charge in [0, 0.05) is 0 Å². The highest BCUT2D eigenvalue weighted by Crippen LogP contribution is 2.55. The summed E-state index contributed by atoms with van der Waals surface area (Å²) in [4.78, 5) is 10.4. The number of hydrogen-bond acceptors (Lipinski definition) is 2. The van der Waals surface area contributed by atoms with Crippen molar-refractivity contribution >= 4 is 5.97 Å². The molecule has 0 aromatic heterocycles. The van der Waals surface area contributed by atoms with Crippen LogP contribution in [-0.4, -0.2) is 17.1 Å². The van der Waals surface area contributed by atoms with Crippen molar-refractivity contribution in [2.24, 2.45) is 23.5 Å². The Labute approximate surface area is 78.3 Å². The minimum Gasteiger partial charge on any atom is -0.480 e.